The minimum absolute atomic E-state index is 0.00661. The summed E-state index contributed by atoms with van der Waals surface area (Å²) in [5, 5.41) is 12.9. The maximum atomic E-state index is 12.5. The van der Waals surface area contributed by atoms with E-state index < -0.39 is 0 Å². The lowest BCUT2D eigenvalue weighted by Crippen LogP contribution is -2.31. The summed E-state index contributed by atoms with van der Waals surface area (Å²) in [4.78, 5) is 38.8. The molecule has 0 aromatic rings. The van der Waals surface area contributed by atoms with Crippen LogP contribution >= 0.6 is 0 Å². The minimum Gasteiger partial charge on any atom is -0.465 e. The molecule has 350 valence electrons. The zero-order valence-corrected chi connectivity index (χ0v) is 40.0. The Morgan fingerprint density at radius 2 is 0.847 bits per heavy atom. The quantitative estimate of drug-likeness (QED) is 0.0465. The van der Waals surface area contributed by atoms with Crippen LogP contribution in [0.2, 0.25) is 0 Å². The largest absolute Gasteiger partial charge is 0.465 e. The molecule has 0 aliphatic rings. The normalized spacial score (nSPS) is 13.0. The molecule has 2 unspecified atom stereocenters. The number of aliphatic hydroxyl groups excluding tert-OH is 1. The third-order valence-electron chi connectivity index (χ3n) is 12.3. The van der Waals surface area contributed by atoms with Gasteiger partial charge in [-0.25, -0.2) is 0 Å². The second-order valence-corrected chi connectivity index (χ2v) is 18.0. The molecule has 1 amide bonds. The van der Waals surface area contributed by atoms with Crippen molar-refractivity contribution in [3.63, 3.8) is 0 Å². The summed E-state index contributed by atoms with van der Waals surface area (Å²) < 4.78 is 11.5. The smallest absolute Gasteiger partial charge is 0.305 e. The third kappa shape index (κ3) is 39.0. The Balaban J connectivity index is 4.41. The first-order valence-electron chi connectivity index (χ1n) is 25.7. The van der Waals surface area contributed by atoms with Crippen molar-refractivity contribution in [2.75, 3.05) is 40.0 Å². The number of nitrogens with zero attached hydrogens (tertiary/aromatic N) is 1. The lowest BCUT2D eigenvalue weighted by atomic mass is 9.96. The van der Waals surface area contributed by atoms with Gasteiger partial charge in [0.15, 0.2) is 0 Å². The SMILES string of the molecule is CCCCCCC(CCCC)COC(=O)CCCCCCCCC(CCCCCCCCC(=O)OCC(CCCC)CCCCCC)NCCCCC(=O)N(C)CCO. The predicted octanol–water partition coefficient (Wildman–Crippen LogP) is 13.4. The molecule has 0 bridgehead atoms. The molecule has 0 saturated carbocycles. The molecule has 0 saturated heterocycles. The van der Waals surface area contributed by atoms with Crippen molar-refractivity contribution >= 4 is 17.8 Å². The topological polar surface area (TPSA) is 105 Å². The molecule has 2 atom stereocenters. The van der Waals surface area contributed by atoms with E-state index in [1.54, 1.807) is 11.9 Å². The maximum absolute atomic E-state index is 12.5. The lowest BCUT2D eigenvalue weighted by molar-refractivity contribution is -0.146. The Hall–Kier alpha value is -1.67. The highest BCUT2D eigenvalue weighted by atomic mass is 16.5. The summed E-state index contributed by atoms with van der Waals surface area (Å²) in [6.07, 6.45) is 39.4. The number of aliphatic hydroxyl groups is 1. The number of amides is 1. The Bertz CT molecular complexity index is 876. The molecule has 0 heterocycles. The Labute approximate surface area is 366 Å². The van der Waals surface area contributed by atoms with Crippen LogP contribution < -0.4 is 5.32 Å². The molecular weight excluding hydrogens is 737 g/mol. The van der Waals surface area contributed by atoms with Crippen molar-refractivity contribution in [3.8, 4) is 0 Å². The summed E-state index contributed by atoms with van der Waals surface area (Å²) in [6, 6.07) is 0.507. The van der Waals surface area contributed by atoms with E-state index in [0.29, 0.717) is 56.9 Å². The predicted molar refractivity (Wildman–Crippen MR) is 250 cm³/mol. The molecule has 8 nitrogen and oxygen atoms in total. The van der Waals surface area contributed by atoms with Gasteiger partial charge in [-0.15, -0.1) is 0 Å². The van der Waals surface area contributed by atoms with Crippen LogP contribution in [0, 0.1) is 11.8 Å². The number of unbranched alkanes of at least 4 members (excludes halogenated alkanes) is 19. The van der Waals surface area contributed by atoms with E-state index in [2.05, 4.69) is 33.0 Å². The molecule has 0 spiro atoms. The van der Waals surface area contributed by atoms with Gasteiger partial charge in [-0.1, -0.05) is 169 Å². The van der Waals surface area contributed by atoms with Crippen LogP contribution in [0.3, 0.4) is 0 Å². The molecule has 2 N–H and O–H groups in total. The highest BCUT2D eigenvalue weighted by Crippen LogP contribution is 2.21. The van der Waals surface area contributed by atoms with E-state index in [-0.39, 0.29) is 24.5 Å². The molecule has 8 heteroatoms. The van der Waals surface area contributed by atoms with Crippen molar-refractivity contribution in [2.24, 2.45) is 11.8 Å². The first kappa shape index (κ1) is 57.3. The van der Waals surface area contributed by atoms with Crippen LogP contribution in [0.15, 0.2) is 0 Å². The Morgan fingerprint density at radius 3 is 1.29 bits per heavy atom. The van der Waals surface area contributed by atoms with E-state index in [9.17, 15) is 14.4 Å². The van der Waals surface area contributed by atoms with Crippen molar-refractivity contribution < 1.29 is 29.0 Å². The van der Waals surface area contributed by atoms with Gasteiger partial charge >= 0.3 is 11.9 Å². The molecule has 0 radical (unpaired) electrons. The monoisotopic (exact) mass is 837 g/mol. The van der Waals surface area contributed by atoms with Gasteiger partial charge in [-0.05, 0) is 82.6 Å². The van der Waals surface area contributed by atoms with Gasteiger partial charge in [0.25, 0.3) is 0 Å². The number of carbonyl (C=O) groups excluding carboxylic acids is 3. The fourth-order valence-electron chi connectivity index (χ4n) is 8.15. The average Bonchev–Trinajstić information content (AvgIpc) is 3.23. The number of nitrogens with one attached hydrogen (secondary N) is 1. The van der Waals surface area contributed by atoms with Crippen LogP contribution in [0.1, 0.15) is 252 Å². The van der Waals surface area contributed by atoms with Crippen molar-refractivity contribution in [1.29, 1.82) is 0 Å². The number of hydrogen-bond acceptors (Lipinski definition) is 7. The van der Waals surface area contributed by atoms with E-state index in [1.165, 1.54) is 167 Å². The van der Waals surface area contributed by atoms with Gasteiger partial charge < -0.3 is 24.8 Å². The van der Waals surface area contributed by atoms with Crippen LogP contribution in [-0.2, 0) is 23.9 Å². The van der Waals surface area contributed by atoms with Gasteiger partial charge in [0.2, 0.25) is 5.91 Å². The van der Waals surface area contributed by atoms with Crippen molar-refractivity contribution in [1.82, 2.24) is 10.2 Å². The summed E-state index contributed by atoms with van der Waals surface area (Å²) in [5.74, 6) is 1.15. The molecule has 0 aromatic carbocycles. The molecule has 59 heavy (non-hydrogen) atoms. The number of hydrogen-bond donors (Lipinski definition) is 2. The van der Waals surface area contributed by atoms with Gasteiger partial charge in [-0.3, -0.25) is 14.4 Å². The maximum Gasteiger partial charge on any atom is 0.305 e. The van der Waals surface area contributed by atoms with Gasteiger partial charge in [-0.2, -0.15) is 0 Å². The van der Waals surface area contributed by atoms with Gasteiger partial charge in [0.05, 0.1) is 19.8 Å². The van der Waals surface area contributed by atoms with Crippen LogP contribution in [0.5, 0.6) is 0 Å². The molecule has 0 aliphatic heterocycles. The lowest BCUT2D eigenvalue weighted by Gasteiger charge is -2.19. The Morgan fingerprint density at radius 1 is 0.475 bits per heavy atom. The summed E-state index contributed by atoms with van der Waals surface area (Å²) in [7, 11) is 1.76. The van der Waals surface area contributed by atoms with E-state index in [0.717, 1.165) is 45.1 Å². The zero-order valence-electron chi connectivity index (χ0n) is 40.0. The number of rotatable bonds is 46. The number of likely N-dealkylation sites (N-methyl/N-ethyl adjacent to an activating group) is 1. The molecule has 0 fully saturated rings. The van der Waals surface area contributed by atoms with Crippen molar-refractivity contribution in [3.05, 3.63) is 0 Å². The number of carbonyl (C=O) groups is 3. The van der Waals surface area contributed by atoms with Crippen LogP contribution in [0.25, 0.3) is 0 Å². The number of esters is 2. The molecule has 0 aromatic heterocycles. The standard InChI is InChI=1S/C51H100N2O6/c1-6-10-14-24-34-46(32-12-8-3)44-58-50(56)39-28-22-18-16-20-26-36-48(52-41-31-30-38-49(55)53(5)42-43-54)37-27-21-17-19-23-29-40-51(57)59-45-47(33-13-9-4)35-25-15-11-7-2/h46-48,52,54H,6-45H2,1-5H3. The van der Waals surface area contributed by atoms with Crippen molar-refractivity contribution in [2.45, 2.75) is 258 Å². The first-order valence-corrected chi connectivity index (χ1v) is 25.7. The van der Waals surface area contributed by atoms with E-state index in [4.69, 9.17) is 14.6 Å². The molecular formula is C51H100N2O6. The summed E-state index contributed by atoms with van der Waals surface area (Å²) in [6.45, 7) is 11.5. The number of ether oxygens (including phenoxy) is 2. The molecule has 0 rings (SSSR count). The van der Waals surface area contributed by atoms with E-state index >= 15 is 0 Å². The zero-order chi connectivity index (χ0) is 43.4. The summed E-state index contributed by atoms with van der Waals surface area (Å²) in [5.41, 5.74) is 0. The Kier molecular flexibility index (Phi) is 43.1. The van der Waals surface area contributed by atoms with Gasteiger partial charge in [0.1, 0.15) is 0 Å². The average molecular weight is 837 g/mol. The third-order valence-corrected chi connectivity index (χ3v) is 12.3. The fraction of sp³-hybridized carbons (Fsp3) is 0.941. The summed E-state index contributed by atoms with van der Waals surface area (Å²) >= 11 is 0. The first-order chi connectivity index (χ1) is 28.8. The minimum atomic E-state index is -0.00918. The molecule has 0 aliphatic carbocycles. The second-order valence-electron chi connectivity index (χ2n) is 18.0. The highest BCUT2D eigenvalue weighted by Gasteiger charge is 2.14. The highest BCUT2D eigenvalue weighted by molar-refractivity contribution is 5.75. The fourth-order valence-corrected chi connectivity index (χ4v) is 8.15. The van der Waals surface area contributed by atoms with Crippen LogP contribution in [0.4, 0.5) is 0 Å². The van der Waals surface area contributed by atoms with E-state index in [1.807, 2.05) is 0 Å². The van der Waals surface area contributed by atoms with Gasteiger partial charge in [0, 0.05) is 38.9 Å². The second kappa shape index (κ2) is 44.4. The van der Waals surface area contributed by atoms with Crippen LogP contribution in [-0.4, -0.2) is 73.9 Å².